The van der Waals surface area contributed by atoms with E-state index in [2.05, 4.69) is 29.4 Å². The standard InChI is InChI=1S/C14H17N3OS3/c1-3-10(2)20-14-17-16-13(21-14)15-12(18)9-19-11-7-5-4-6-8-11/h4-8,10H,3,9H2,1-2H3,(H,15,16,18)/t10-/m0/s1. The van der Waals surface area contributed by atoms with Crippen molar-refractivity contribution < 1.29 is 4.79 Å². The van der Waals surface area contributed by atoms with Crippen LogP contribution in [0.2, 0.25) is 0 Å². The number of rotatable bonds is 7. The van der Waals surface area contributed by atoms with Gasteiger partial charge in [-0.25, -0.2) is 0 Å². The van der Waals surface area contributed by atoms with E-state index in [1.807, 2.05) is 30.3 Å². The largest absolute Gasteiger partial charge is 0.300 e. The van der Waals surface area contributed by atoms with Crippen LogP contribution in [0.25, 0.3) is 0 Å². The second-order valence-electron chi connectivity index (χ2n) is 4.36. The van der Waals surface area contributed by atoms with E-state index in [9.17, 15) is 4.79 Å². The molecule has 1 N–H and O–H groups in total. The third-order valence-electron chi connectivity index (χ3n) is 2.64. The number of thioether (sulfide) groups is 2. The van der Waals surface area contributed by atoms with E-state index < -0.39 is 0 Å². The molecule has 0 spiro atoms. The number of benzene rings is 1. The smallest absolute Gasteiger partial charge is 0.236 e. The van der Waals surface area contributed by atoms with Gasteiger partial charge in [-0.05, 0) is 18.6 Å². The molecule has 0 saturated carbocycles. The Morgan fingerprint density at radius 3 is 2.81 bits per heavy atom. The number of carbonyl (C=O) groups is 1. The lowest BCUT2D eigenvalue weighted by atomic mass is 10.4. The van der Waals surface area contributed by atoms with Crippen LogP contribution < -0.4 is 5.32 Å². The van der Waals surface area contributed by atoms with Crippen molar-refractivity contribution in [3.8, 4) is 0 Å². The molecular weight excluding hydrogens is 322 g/mol. The molecule has 2 aromatic rings. The summed E-state index contributed by atoms with van der Waals surface area (Å²) in [5.41, 5.74) is 0. The predicted molar refractivity (Wildman–Crippen MR) is 91.3 cm³/mol. The third kappa shape index (κ3) is 5.68. The normalized spacial score (nSPS) is 12.1. The molecule has 0 aliphatic heterocycles. The lowest BCUT2D eigenvalue weighted by Gasteiger charge is -2.02. The molecule has 1 amide bonds. The summed E-state index contributed by atoms with van der Waals surface area (Å²) in [6, 6.07) is 9.86. The fourth-order valence-electron chi connectivity index (χ4n) is 1.38. The van der Waals surface area contributed by atoms with Crippen molar-refractivity contribution in [1.29, 1.82) is 0 Å². The number of hydrogen-bond acceptors (Lipinski definition) is 6. The summed E-state index contributed by atoms with van der Waals surface area (Å²) in [6.07, 6.45) is 1.08. The molecule has 112 valence electrons. The van der Waals surface area contributed by atoms with Gasteiger partial charge in [-0.3, -0.25) is 10.1 Å². The highest BCUT2D eigenvalue weighted by molar-refractivity contribution is 8.01. The van der Waals surface area contributed by atoms with Crippen molar-refractivity contribution in [2.24, 2.45) is 0 Å². The Bertz CT molecular complexity index is 574. The monoisotopic (exact) mass is 339 g/mol. The fraction of sp³-hybridized carbons (Fsp3) is 0.357. The van der Waals surface area contributed by atoms with E-state index in [1.54, 1.807) is 11.8 Å². The number of hydrogen-bond donors (Lipinski definition) is 1. The van der Waals surface area contributed by atoms with Crippen molar-refractivity contribution in [3.05, 3.63) is 30.3 Å². The predicted octanol–water partition coefficient (Wildman–Crippen LogP) is 4.16. The number of carbonyl (C=O) groups excluding carboxylic acids is 1. The first-order chi connectivity index (χ1) is 10.2. The van der Waals surface area contributed by atoms with Gasteiger partial charge in [-0.2, -0.15) is 0 Å². The van der Waals surface area contributed by atoms with Crippen molar-refractivity contribution in [2.75, 3.05) is 11.1 Å². The van der Waals surface area contributed by atoms with Gasteiger partial charge in [0.2, 0.25) is 11.0 Å². The molecule has 0 aliphatic carbocycles. The average molecular weight is 340 g/mol. The van der Waals surface area contributed by atoms with Gasteiger partial charge in [-0.15, -0.1) is 22.0 Å². The van der Waals surface area contributed by atoms with Gasteiger partial charge in [0, 0.05) is 10.1 Å². The quantitative estimate of drug-likeness (QED) is 0.606. The second-order valence-corrected chi connectivity index (χ2v) is 8.07. The van der Waals surface area contributed by atoms with Crippen LogP contribution in [0.3, 0.4) is 0 Å². The molecule has 0 saturated heterocycles. The van der Waals surface area contributed by atoms with Crippen LogP contribution in [0.5, 0.6) is 0 Å². The minimum absolute atomic E-state index is 0.0555. The zero-order valence-corrected chi connectivity index (χ0v) is 14.4. The van der Waals surface area contributed by atoms with Gasteiger partial charge in [0.25, 0.3) is 0 Å². The van der Waals surface area contributed by atoms with Crippen LogP contribution in [0, 0.1) is 0 Å². The maximum absolute atomic E-state index is 11.9. The highest BCUT2D eigenvalue weighted by Gasteiger charge is 2.11. The highest BCUT2D eigenvalue weighted by atomic mass is 32.2. The average Bonchev–Trinajstić information content (AvgIpc) is 2.93. The second kappa shape index (κ2) is 8.41. The fourth-order valence-corrected chi connectivity index (χ4v) is 4.12. The van der Waals surface area contributed by atoms with Crippen molar-refractivity contribution in [1.82, 2.24) is 10.2 Å². The minimum atomic E-state index is -0.0555. The number of nitrogens with one attached hydrogen (secondary N) is 1. The Morgan fingerprint density at radius 2 is 2.10 bits per heavy atom. The van der Waals surface area contributed by atoms with Crippen LogP contribution in [0.4, 0.5) is 5.13 Å². The summed E-state index contributed by atoms with van der Waals surface area (Å²) in [5, 5.41) is 12.0. The number of aromatic nitrogens is 2. The van der Waals surface area contributed by atoms with Crippen molar-refractivity contribution in [2.45, 2.75) is 34.8 Å². The highest BCUT2D eigenvalue weighted by Crippen LogP contribution is 2.30. The summed E-state index contributed by atoms with van der Waals surface area (Å²) in [5.74, 6) is 0.317. The molecule has 0 unspecified atom stereocenters. The summed E-state index contributed by atoms with van der Waals surface area (Å²) < 4.78 is 0.898. The van der Waals surface area contributed by atoms with Crippen LogP contribution >= 0.6 is 34.9 Å². The summed E-state index contributed by atoms with van der Waals surface area (Å²) in [6.45, 7) is 4.29. The molecule has 1 atom stereocenters. The van der Waals surface area contributed by atoms with Gasteiger partial charge < -0.3 is 0 Å². The maximum Gasteiger partial charge on any atom is 0.236 e. The van der Waals surface area contributed by atoms with Gasteiger partial charge in [0.05, 0.1) is 5.75 Å². The van der Waals surface area contributed by atoms with E-state index in [0.717, 1.165) is 15.7 Å². The van der Waals surface area contributed by atoms with Crippen LogP contribution in [0.1, 0.15) is 20.3 Å². The van der Waals surface area contributed by atoms with E-state index >= 15 is 0 Å². The summed E-state index contributed by atoms with van der Waals surface area (Å²) >= 11 is 4.62. The molecule has 0 aliphatic rings. The molecule has 21 heavy (non-hydrogen) atoms. The first-order valence-electron chi connectivity index (χ1n) is 6.65. The van der Waals surface area contributed by atoms with Gasteiger partial charge in [-0.1, -0.05) is 55.1 Å². The molecule has 1 aromatic heterocycles. The number of anilines is 1. The van der Waals surface area contributed by atoms with Crippen molar-refractivity contribution in [3.63, 3.8) is 0 Å². The maximum atomic E-state index is 11.9. The topological polar surface area (TPSA) is 54.9 Å². The Kier molecular flexibility index (Phi) is 6.53. The SMILES string of the molecule is CC[C@H](C)Sc1nnc(NC(=O)CSc2ccccc2)s1. The first-order valence-corrected chi connectivity index (χ1v) is 9.33. The molecule has 1 aromatic carbocycles. The zero-order valence-electron chi connectivity index (χ0n) is 11.9. The molecular formula is C14H17N3OS3. The Hall–Kier alpha value is -1.05. The van der Waals surface area contributed by atoms with E-state index in [-0.39, 0.29) is 5.91 Å². The molecule has 0 bridgehead atoms. The van der Waals surface area contributed by atoms with Gasteiger partial charge >= 0.3 is 0 Å². The van der Waals surface area contributed by atoms with Gasteiger partial charge in [0.1, 0.15) is 0 Å². The number of amides is 1. The van der Waals surface area contributed by atoms with Crippen LogP contribution in [-0.4, -0.2) is 27.1 Å². The Balaban J connectivity index is 1.80. The van der Waals surface area contributed by atoms with Crippen LogP contribution in [0.15, 0.2) is 39.6 Å². The molecule has 2 rings (SSSR count). The van der Waals surface area contributed by atoms with Crippen molar-refractivity contribution >= 4 is 45.9 Å². The Morgan fingerprint density at radius 1 is 1.33 bits per heavy atom. The Labute approximate surface area is 137 Å². The molecule has 0 radical (unpaired) electrons. The lowest BCUT2D eigenvalue weighted by Crippen LogP contribution is -2.13. The molecule has 0 fully saturated rings. The molecule has 7 heteroatoms. The molecule has 4 nitrogen and oxygen atoms in total. The van der Waals surface area contributed by atoms with Crippen LogP contribution in [-0.2, 0) is 4.79 Å². The first kappa shape index (κ1) is 16.3. The lowest BCUT2D eigenvalue weighted by molar-refractivity contribution is -0.113. The molecule has 1 heterocycles. The minimum Gasteiger partial charge on any atom is -0.300 e. The summed E-state index contributed by atoms with van der Waals surface area (Å²) in [4.78, 5) is 13.0. The van der Waals surface area contributed by atoms with E-state index in [4.69, 9.17) is 0 Å². The van der Waals surface area contributed by atoms with Gasteiger partial charge in [0.15, 0.2) is 4.34 Å². The van der Waals surface area contributed by atoms with E-state index in [1.165, 1.54) is 23.1 Å². The number of nitrogens with zero attached hydrogens (tertiary/aromatic N) is 2. The third-order valence-corrected chi connectivity index (χ3v) is 5.85. The zero-order chi connectivity index (χ0) is 15.1. The van der Waals surface area contributed by atoms with E-state index in [0.29, 0.717) is 16.1 Å². The summed E-state index contributed by atoms with van der Waals surface area (Å²) in [7, 11) is 0.